The van der Waals surface area contributed by atoms with E-state index in [2.05, 4.69) is 181 Å². The Kier molecular flexibility index (Phi) is 9.40. The predicted molar refractivity (Wildman–Crippen MR) is 238 cm³/mol. The van der Waals surface area contributed by atoms with Crippen LogP contribution < -0.4 is 0 Å². The molecule has 0 amide bonds. The minimum Gasteiger partial charge on any atom is -0.285 e. The summed E-state index contributed by atoms with van der Waals surface area (Å²) in [5.74, 6) is 0.723. The van der Waals surface area contributed by atoms with Gasteiger partial charge in [0, 0.05) is 40.8 Å². The molecule has 2 heterocycles. The van der Waals surface area contributed by atoms with Gasteiger partial charge in [-0.15, -0.1) is 58.7 Å². The third kappa shape index (κ3) is 6.07. The molecule has 11 rings (SSSR count). The average molecular weight is 944 g/mol. The fourth-order valence-electron chi connectivity index (χ4n) is 9.09. The second-order valence-corrected chi connectivity index (χ2v) is 17.4. The first-order valence-electron chi connectivity index (χ1n) is 19.6. The number of hydrogen-bond donors (Lipinski definition) is 0. The van der Waals surface area contributed by atoms with Crippen LogP contribution in [-0.2, 0) is 30.9 Å². The van der Waals surface area contributed by atoms with E-state index in [0.717, 1.165) is 44.1 Å². The quantitative estimate of drug-likeness (QED) is 0.166. The van der Waals surface area contributed by atoms with Crippen LogP contribution in [0.5, 0.6) is 0 Å². The SMILES string of the molecule is CC1(C)c2c[c-]c(-c3nc4ccccc4s3)cc2-c2ccccc21.Cc1cccc(C)c1-c1nc(-c2[c-]cc3c(c2)C(C)(C)c2ccccc2-3)nc2ccccc12.[Ir]. The number of thiazole rings is 1. The van der Waals surface area contributed by atoms with Crippen molar-refractivity contribution in [1.29, 1.82) is 0 Å². The van der Waals surface area contributed by atoms with Gasteiger partial charge in [0.2, 0.25) is 0 Å². The number of hydrogen-bond acceptors (Lipinski definition) is 4. The number of rotatable bonds is 3. The molecule has 0 atom stereocenters. The van der Waals surface area contributed by atoms with E-state index in [1.54, 1.807) is 11.3 Å². The number of fused-ring (bicyclic) bond motifs is 8. The molecule has 0 spiro atoms. The summed E-state index contributed by atoms with van der Waals surface area (Å²) in [6.07, 6.45) is 0. The molecule has 0 fully saturated rings. The van der Waals surface area contributed by atoms with Gasteiger partial charge in [0.25, 0.3) is 0 Å². The van der Waals surface area contributed by atoms with E-state index in [4.69, 9.17) is 15.0 Å². The van der Waals surface area contributed by atoms with Crippen molar-refractivity contribution in [1.82, 2.24) is 15.0 Å². The zero-order valence-corrected chi connectivity index (χ0v) is 36.6. The molecule has 0 saturated heterocycles. The molecule has 2 aromatic heterocycles. The van der Waals surface area contributed by atoms with Gasteiger partial charge in [-0.05, 0) is 70.7 Å². The fourth-order valence-corrected chi connectivity index (χ4v) is 10.0. The second kappa shape index (κ2) is 14.4. The summed E-state index contributed by atoms with van der Waals surface area (Å²) in [5, 5.41) is 2.12. The molecule has 58 heavy (non-hydrogen) atoms. The standard InChI is InChI=1S/C31H25N2.C22H16NS.Ir/c1-19-10-9-11-20(2)28(19)29-24-13-6-8-15-27(24)32-30(33-29)21-16-17-23-22-12-5-7-14-25(22)31(3,4)26(23)18-21;1-22(2)17-8-4-3-7-15(17)16-13-14(11-12-18(16)22)21-23-19-9-5-6-10-20(19)24-21;/h5-15,17-18H,1-4H3;3-10,12-13H,1-2H3;/q2*-1;. The van der Waals surface area contributed by atoms with Crippen LogP contribution in [-0.4, -0.2) is 15.0 Å². The molecule has 3 nitrogen and oxygen atoms in total. The number of aryl methyl sites for hydroxylation is 2. The van der Waals surface area contributed by atoms with Crippen molar-refractivity contribution >= 4 is 32.5 Å². The van der Waals surface area contributed by atoms with Gasteiger partial charge in [-0.3, -0.25) is 15.0 Å². The van der Waals surface area contributed by atoms with E-state index in [9.17, 15) is 0 Å². The maximum absolute atomic E-state index is 5.14. The van der Waals surface area contributed by atoms with E-state index >= 15 is 0 Å². The topological polar surface area (TPSA) is 38.7 Å². The van der Waals surface area contributed by atoms with Crippen LogP contribution in [0.15, 0.2) is 140 Å². The Hall–Kier alpha value is -5.58. The smallest absolute Gasteiger partial charge is 0.0763 e. The Bertz CT molecular complexity index is 3010. The van der Waals surface area contributed by atoms with Crippen molar-refractivity contribution in [3.63, 3.8) is 0 Å². The summed E-state index contributed by atoms with van der Waals surface area (Å²) in [6, 6.07) is 56.2. The number of benzene rings is 7. The third-order valence-electron chi connectivity index (χ3n) is 12.1. The van der Waals surface area contributed by atoms with Crippen molar-refractivity contribution in [2.45, 2.75) is 52.4 Å². The molecule has 2 aliphatic rings. The third-order valence-corrected chi connectivity index (χ3v) is 13.2. The van der Waals surface area contributed by atoms with Crippen LogP contribution in [0.25, 0.3) is 76.6 Å². The van der Waals surface area contributed by atoms with Crippen LogP contribution in [0.1, 0.15) is 61.1 Å². The van der Waals surface area contributed by atoms with Crippen LogP contribution in [0.2, 0.25) is 0 Å². The number of aromatic nitrogens is 3. The minimum atomic E-state index is -0.0674. The molecule has 0 bridgehead atoms. The molecule has 7 aromatic carbocycles. The number of nitrogens with zero attached hydrogens (tertiary/aromatic N) is 3. The van der Waals surface area contributed by atoms with Gasteiger partial charge in [-0.25, -0.2) is 0 Å². The maximum atomic E-state index is 5.14. The molecule has 2 aliphatic carbocycles. The molecule has 0 unspecified atom stereocenters. The van der Waals surface area contributed by atoms with Gasteiger partial charge in [-0.2, -0.15) is 11.3 Å². The molecule has 0 saturated carbocycles. The van der Waals surface area contributed by atoms with E-state index in [0.29, 0.717) is 0 Å². The first kappa shape index (κ1) is 38.0. The largest absolute Gasteiger partial charge is 0.285 e. The van der Waals surface area contributed by atoms with Gasteiger partial charge < -0.3 is 0 Å². The Balaban J connectivity index is 0.000000155. The first-order valence-corrected chi connectivity index (χ1v) is 20.4. The Morgan fingerprint density at radius 3 is 1.83 bits per heavy atom. The van der Waals surface area contributed by atoms with Gasteiger partial charge in [0.05, 0.1) is 22.6 Å². The van der Waals surface area contributed by atoms with E-state index in [-0.39, 0.29) is 30.9 Å². The van der Waals surface area contributed by atoms with Crippen molar-refractivity contribution < 1.29 is 20.1 Å². The molecule has 5 heteroatoms. The summed E-state index contributed by atoms with van der Waals surface area (Å²) in [6.45, 7) is 13.5. The normalized spacial score (nSPS) is 13.8. The number of para-hydroxylation sites is 2. The van der Waals surface area contributed by atoms with Crippen molar-refractivity contribution in [2.75, 3.05) is 0 Å². The van der Waals surface area contributed by atoms with Crippen LogP contribution >= 0.6 is 11.3 Å². The Labute approximate surface area is 358 Å². The van der Waals surface area contributed by atoms with Crippen LogP contribution in [0.3, 0.4) is 0 Å². The van der Waals surface area contributed by atoms with Crippen molar-refractivity contribution in [2.24, 2.45) is 0 Å². The monoisotopic (exact) mass is 944 g/mol. The van der Waals surface area contributed by atoms with E-state index in [1.165, 1.54) is 65.9 Å². The summed E-state index contributed by atoms with van der Waals surface area (Å²) < 4.78 is 1.22. The van der Waals surface area contributed by atoms with Gasteiger partial charge in [-0.1, -0.05) is 141 Å². The Morgan fingerprint density at radius 1 is 0.500 bits per heavy atom. The van der Waals surface area contributed by atoms with Crippen LogP contribution in [0, 0.1) is 26.0 Å². The second-order valence-electron chi connectivity index (χ2n) is 16.4. The molecule has 0 aliphatic heterocycles. The molecule has 285 valence electrons. The molecule has 0 N–H and O–H groups in total. The predicted octanol–water partition coefficient (Wildman–Crippen LogP) is 13.8. The Morgan fingerprint density at radius 2 is 1.10 bits per heavy atom. The summed E-state index contributed by atoms with van der Waals surface area (Å²) >= 11 is 1.73. The van der Waals surface area contributed by atoms with E-state index < -0.39 is 0 Å². The van der Waals surface area contributed by atoms with Gasteiger partial charge in [0.15, 0.2) is 0 Å². The van der Waals surface area contributed by atoms with Gasteiger partial charge in [0.1, 0.15) is 0 Å². The minimum absolute atomic E-state index is 0. The molecule has 9 aromatic rings. The fraction of sp³-hybridized carbons (Fsp3) is 0.151. The maximum Gasteiger partial charge on any atom is 0.0763 e. The summed E-state index contributed by atoms with van der Waals surface area (Å²) in [4.78, 5) is 14.9. The first-order chi connectivity index (χ1) is 27.6. The van der Waals surface area contributed by atoms with E-state index in [1.807, 2.05) is 12.1 Å². The zero-order chi connectivity index (χ0) is 39.1. The summed E-state index contributed by atoms with van der Waals surface area (Å²) in [5.41, 5.74) is 19.3. The molecular formula is C53H41IrN3S-2. The van der Waals surface area contributed by atoms with Gasteiger partial charge >= 0.3 is 0 Å². The van der Waals surface area contributed by atoms with Crippen molar-refractivity contribution in [3.05, 3.63) is 185 Å². The zero-order valence-electron chi connectivity index (χ0n) is 33.4. The molecule has 1 radical (unpaired) electrons. The average Bonchev–Trinajstić information content (AvgIpc) is 3.84. The summed E-state index contributed by atoms with van der Waals surface area (Å²) in [7, 11) is 0. The van der Waals surface area contributed by atoms with Crippen LogP contribution in [0.4, 0.5) is 0 Å². The van der Waals surface area contributed by atoms with Crippen molar-refractivity contribution in [3.8, 4) is 55.5 Å². The molecular weight excluding hydrogens is 903 g/mol.